The number of hydrogen-bond acceptors (Lipinski definition) is 3. The van der Waals surface area contributed by atoms with Gasteiger partial charge in [0.05, 0.1) is 21.3 Å². The Morgan fingerprint density at radius 1 is 1.24 bits per heavy atom. The van der Waals surface area contributed by atoms with Gasteiger partial charge in [-0.2, -0.15) is 22.9 Å². The molecule has 0 fully saturated rings. The van der Waals surface area contributed by atoms with Crippen molar-refractivity contribution in [3.8, 4) is 0 Å². The van der Waals surface area contributed by atoms with E-state index in [1.165, 1.54) is 12.1 Å². The number of hydrogen-bond donors (Lipinski definition) is 1. The molecule has 0 radical (unpaired) electrons. The van der Waals surface area contributed by atoms with Gasteiger partial charge in [0.15, 0.2) is 0 Å². The largest absolute Gasteiger partial charge is 0.453 e. The van der Waals surface area contributed by atoms with Crippen molar-refractivity contribution in [2.24, 2.45) is 5.10 Å². The molecule has 0 aliphatic rings. The molecule has 0 bridgehead atoms. The van der Waals surface area contributed by atoms with Crippen molar-refractivity contribution in [2.45, 2.75) is 6.18 Å². The SMILES string of the molecule is FC(F)(F)c1n[nH]c(=S)n1/N=C\c1c(Cl)ccc(Cl)c1Cl. The molecule has 1 N–H and O–H groups in total. The number of benzene rings is 1. The maximum atomic E-state index is 12.7. The van der Waals surface area contributed by atoms with Crippen LogP contribution in [-0.4, -0.2) is 21.1 Å². The first-order chi connectivity index (χ1) is 9.71. The highest BCUT2D eigenvalue weighted by molar-refractivity contribution is 7.71. The summed E-state index contributed by atoms with van der Waals surface area (Å²) in [4.78, 5) is 0. The van der Waals surface area contributed by atoms with E-state index in [0.717, 1.165) is 6.21 Å². The highest BCUT2D eigenvalue weighted by Gasteiger charge is 2.37. The van der Waals surface area contributed by atoms with Crippen LogP contribution >= 0.6 is 47.0 Å². The number of nitrogens with one attached hydrogen (secondary N) is 1. The number of H-pyrrole nitrogens is 1. The van der Waals surface area contributed by atoms with Crippen molar-refractivity contribution in [1.29, 1.82) is 0 Å². The molecule has 2 rings (SSSR count). The summed E-state index contributed by atoms with van der Waals surface area (Å²) < 4.78 is 38.2. The summed E-state index contributed by atoms with van der Waals surface area (Å²) in [5.41, 5.74) is 0.169. The molecule has 0 aliphatic carbocycles. The van der Waals surface area contributed by atoms with E-state index in [-0.39, 0.29) is 25.4 Å². The van der Waals surface area contributed by atoms with E-state index < -0.39 is 12.0 Å². The summed E-state index contributed by atoms with van der Waals surface area (Å²) in [6, 6.07) is 2.89. The average molecular weight is 376 g/mol. The average Bonchev–Trinajstić information content (AvgIpc) is 2.75. The van der Waals surface area contributed by atoms with Crippen molar-refractivity contribution in [1.82, 2.24) is 14.9 Å². The van der Waals surface area contributed by atoms with Gasteiger partial charge in [0.2, 0.25) is 4.77 Å². The van der Waals surface area contributed by atoms with Crippen LogP contribution in [0.1, 0.15) is 11.4 Å². The van der Waals surface area contributed by atoms with Crippen LogP contribution in [0.4, 0.5) is 13.2 Å². The summed E-state index contributed by atoms with van der Waals surface area (Å²) in [6.45, 7) is 0. The molecule has 21 heavy (non-hydrogen) atoms. The van der Waals surface area contributed by atoms with Crippen molar-refractivity contribution in [2.75, 3.05) is 0 Å². The van der Waals surface area contributed by atoms with E-state index >= 15 is 0 Å². The van der Waals surface area contributed by atoms with Crippen molar-refractivity contribution < 1.29 is 13.2 Å². The van der Waals surface area contributed by atoms with E-state index in [9.17, 15) is 13.2 Å². The van der Waals surface area contributed by atoms with E-state index in [1.54, 1.807) is 0 Å². The first-order valence-electron chi connectivity index (χ1n) is 5.14. The minimum atomic E-state index is -4.72. The molecule has 4 nitrogen and oxygen atoms in total. The van der Waals surface area contributed by atoms with Crippen LogP contribution in [0.3, 0.4) is 0 Å². The van der Waals surface area contributed by atoms with Gasteiger partial charge in [0.1, 0.15) is 0 Å². The van der Waals surface area contributed by atoms with Gasteiger partial charge in [-0.05, 0) is 24.4 Å². The minimum Gasteiger partial charge on any atom is -0.250 e. The molecule has 1 aromatic heterocycles. The van der Waals surface area contributed by atoms with Crippen LogP contribution in [0.15, 0.2) is 17.2 Å². The minimum absolute atomic E-state index is 0.0662. The molecule has 1 heterocycles. The molecule has 2 aromatic rings. The van der Waals surface area contributed by atoms with Crippen LogP contribution in [0.25, 0.3) is 0 Å². The summed E-state index contributed by atoms with van der Waals surface area (Å²) in [6.07, 6.45) is -3.69. The van der Waals surface area contributed by atoms with Gasteiger partial charge in [-0.15, -0.1) is 5.10 Å². The predicted octanol–water partition coefficient (Wildman–Crippen LogP) is 4.80. The maximum absolute atomic E-state index is 12.7. The van der Waals surface area contributed by atoms with Gasteiger partial charge in [0.25, 0.3) is 5.82 Å². The Kier molecular flexibility index (Phi) is 4.62. The van der Waals surface area contributed by atoms with E-state index in [2.05, 4.69) is 22.4 Å². The summed E-state index contributed by atoms with van der Waals surface area (Å²) >= 11 is 22.3. The Bertz CT molecular complexity index is 766. The third-order valence-corrected chi connectivity index (χ3v) is 3.70. The molecule has 0 aliphatic heterocycles. The molecule has 0 unspecified atom stereocenters. The number of aromatic amines is 1. The molecule has 1 aromatic carbocycles. The van der Waals surface area contributed by atoms with E-state index in [4.69, 9.17) is 34.8 Å². The van der Waals surface area contributed by atoms with Gasteiger partial charge in [-0.25, -0.2) is 5.10 Å². The van der Waals surface area contributed by atoms with Crippen LogP contribution in [0.5, 0.6) is 0 Å². The summed E-state index contributed by atoms with van der Waals surface area (Å²) in [5.74, 6) is -1.29. The fourth-order valence-electron chi connectivity index (χ4n) is 1.36. The maximum Gasteiger partial charge on any atom is 0.453 e. The topological polar surface area (TPSA) is 46.0 Å². The van der Waals surface area contributed by atoms with Gasteiger partial charge in [0, 0.05) is 5.56 Å². The second kappa shape index (κ2) is 5.96. The molecule has 0 saturated carbocycles. The Labute approximate surface area is 136 Å². The third kappa shape index (κ3) is 3.39. The number of alkyl halides is 3. The van der Waals surface area contributed by atoms with E-state index in [1.807, 2.05) is 5.10 Å². The standard InChI is InChI=1S/C10H4Cl3F3N4S/c11-5-1-2-6(12)7(13)4(5)3-17-20-8(10(14,15)16)18-19-9(20)21/h1-3H,(H,19,21)/b17-3-. The fraction of sp³-hybridized carbons (Fsp3) is 0.100. The zero-order valence-corrected chi connectivity index (χ0v) is 12.8. The molecule has 0 amide bonds. The fourth-order valence-corrected chi connectivity index (χ4v) is 2.17. The lowest BCUT2D eigenvalue weighted by molar-refractivity contribution is -0.147. The van der Waals surface area contributed by atoms with Gasteiger partial charge >= 0.3 is 6.18 Å². The molecule has 11 heteroatoms. The van der Waals surface area contributed by atoms with E-state index in [0.29, 0.717) is 4.68 Å². The van der Waals surface area contributed by atoms with Crippen LogP contribution < -0.4 is 0 Å². The lowest BCUT2D eigenvalue weighted by atomic mass is 10.2. The first kappa shape index (κ1) is 16.3. The molecule has 112 valence electrons. The predicted molar refractivity (Wildman–Crippen MR) is 76.9 cm³/mol. The second-order valence-electron chi connectivity index (χ2n) is 3.66. The van der Waals surface area contributed by atoms with Crippen LogP contribution in [0.2, 0.25) is 15.1 Å². The van der Waals surface area contributed by atoms with Crippen molar-refractivity contribution in [3.05, 3.63) is 43.4 Å². The summed E-state index contributed by atoms with van der Waals surface area (Å²) in [5, 5.41) is 9.13. The lowest BCUT2D eigenvalue weighted by Crippen LogP contribution is -2.12. The highest BCUT2D eigenvalue weighted by atomic mass is 35.5. The quantitative estimate of drug-likeness (QED) is 0.465. The van der Waals surface area contributed by atoms with Gasteiger partial charge in [-0.3, -0.25) is 0 Å². The zero-order valence-electron chi connectivity index (χ0n) is 9.75. The van der Waals surface area contributed by atoms with Gasteiger partial charge < -0.3 is 0 Å². The first-order valence-corrected chi connectivity index (χ1v) is 6.68. The molecular weight excluding hydrogens is 372 g/mol. The van der Waals surface area contributed by atoms with Crippen LogP contribution in [0, 0.1) is 4.77 Å². The normalized spacial score (nSPS) is 12.3. The third-order valence-electron chi connectivity index (χ3n) is 2.29. The lowest BCUT2D eigenvalue weighted by Gasteiger charge is -2.05. The zero-order chi connectivity index (χ0) is 15.8. The number of nitrogens with zero attached hydrogens (tertiary/aromatic N) is 3. The Morgan fingerprint density at radius 3 is 2.48 bits per heavy atom. The number of aromatic nitrogens is 3. The smallest absolute Gasteiger partial charge is 0.250 e. The second-order valence-corrected chi connectivity index (χ2v) is 5.24. The summed E-state index contributed by atoms with van der Waals surface area (Å²) in [7, 11) is 0. The Morgan fingerprint density at radius 2 is 1.86 bits per heavy atom. The van der Waals surface area contributed by atoms with Crippen LogP contribution in [-0.2, 0) is 6.18 Å². The van der Waals surface area contributed by atoms with Crippen molar-refractivity contribution in [3.63, 3.8) is 0 Å². The van der Waals surface area contributed by atoms with Crippen molar-refractivity contribution >= 4 is 53.2 Å². The monoisotopic (exact) mass is 374 g/mol. The Balaban J connectivity index is 2.51. The molecular formula is C10H4Cl3F3N4S. The molecule has 0 saturated heterocycles. The number of rotatable bonds is 2. The molecule has 0 spiro atoms. The number of halogens is 6. The highest BCUT2D eigenvalue weighted by Crippen LogP contribution is 2.31. The Hall–Kier alpha value is -1.09. The van der Waals surface area contributed by atoms with Gasteiger partial charge in [-0.1, -0.05) is 34.8 Å². The molecule has 0 atom stereocenters.